The van der Waals surface area contributed by atoms with Crippen molar-refractivity contribution in [2.75, 3.05) is 0 Å². The molecule has 0 aromatic carbocycles. The Balaban J connectivity index is 3.37. The molecule has 15 heavy (non-hydrogen) atoms. The summed E-state index contributed by atoms with van der Waals surface area (Å²) in [6.07, 6.45) is 0.920. The average molecular weight is 212 g/mol. The van der Waals surface area contributed by atoms with Gasteiger partial charge in [0.2, 0.25) is 0 Å². The lowest BCUT2D eigenvalue weighted by Gasteiger charge is -2.07. The molecule has 6 heteroatoms. The minimum atomic E-state index is -1.34. The molecule has 2 N–H and O–H groups in total. The molecule has 0 radical (unpaired) electrons. The van der Waals surface area contributed by atoms with Crippen LogP contribution in [0.2, 0.25) is 0 Å². The molecule has 0 atom stereocenters. The minimum Gasteiger partial charge on any atom is -0.477 e. The van der Waals surface area contributed by atoms with E-state index < -0.39 is 22.8 Å². The summed E-state index contributed by atoms with van der Waals surface area (Å²) in [6, 6.07) is 0. The van der Waals surface area contributed by atoms with Crippen molar-refractivity contribution < 1.29 is 9.90 Å². The van der Waals surface area contributed by atoms with Crippen molar-refractivity contribution in [1.29, 1.82) is 0 Å². The van der Waals surface area contributed by atoms with E-state index in [1.165, 1.54) is 0 Å². The number of carboxylic acids is 1. The molecule has 0 aliphatic rings. The molecule has 1 heterocycles. The Morgan fingerprint density at radius 3 is 2.60 bits per heavy atom. The Morgan fingerprint density at radius 1 is 1.53 bits per heavy atom. The van der Waals surface area contributed by atoms with Crippen LogP contribution in [0.3, 0.4) is 0 Å². The van der Waals surface area contributed by atoms with E-state index in [0.29, 0.717) is 0 Å². The van der Waals surface area contributed by atoms with Gasteiger partial charge in [-0.3, -0.25) is 9.36 Å². The normalized spacial score (nSPS) is 10.6. The molecule has 0 amide bonds. The molecule has 0 saturated heterocycles. The molecule has 0 fully saturated rings. The average Bonchev–Trinajstić information content (AvgIpc) is 2.11. The maximum atomic E-state index is 11.5. The Kier molecular flexibility index (Phi) is 3.08. The third-order valence-electron chi connectivity index (χ3n) is 1.84. The molecule has 0 bridgehead atoms. The molecular formula is C9H12N2O4. The molecule has 6 nitrogen and oxygen atoms in total. The van der Waals surface area contributed by atoms with Gasteiger partial charge in [0.1, 0.15) is 5.56 Å². The van der Waals surface area contributed by atoms with Crippen molar-refractivity contribution in [1.82, 2.24) is 9.55 Å². The molecule has 1 aromatic rings. The second-order valence-electron chi connectivity index (χ2n) is 3.62. The second-order valence-corrected chi connectivity index (χ2v) is 3.62. The molecular weight excluding hydrogens is 200 g/mol. The Bertz CT molecular complexity index is 484. The zero-order valence-electron chi connectivity index (χ0n) is 8.48. The van der Waals surface area contributed by atoms with Crippen molar-refractivity contribution in [3.8, 4) is 0 Å². The number of rotatable bonds is 3. The van der Waals surface area contributed by atoms with Crippen molar-refractivity contribution in [2.24, 2.45) is 5.92 Å². The summed E-state index contributed by atoms with van der Waals surface area (Å²) in [7, 11) is 0. The number of nitrogens with zero attached hydrogens (tertiary/aromatic N) is 1. The van der Waals surface area contributed by atoms with Gasteiger partial charge in [0.25, 0.3) is 5.56 Å². The van der Waals surface area contributed by atoms with Crippen LogP contribution in [0, 0.1) is 5.92 Å². The summed E-state index contributed by atoms with van der Waals surface area (Å²) >= 11 is 0. The van der Waals surface area contributed by atoms with Gasteiger partial charge in [-0.25, -0.2) is 9.59 Å². The number of hydrogen-bond acceptors (Lipinski definition) is 3. The van der Waals surface area contributed by atoms with Crippen LogP contribution in [0.1, 0.15) is 24.2 Å². The summed E-state index contributed by atoms with van der Waals surface area (Å²) in [5.74, 6) is -1.25. The summed E-state index contributed by atoms with van der Waals surface area (Å²) in [6.45, 7) is 3.87. The number of hydrogen-bond donors (Lipinski definition) is 2. The summed E-state index contributed by atoms with van der Waals surface area (Å²) in [5.41, 5.74) is -1.77. The lowest BCUT2D eigenvalue weighted by atomic mass is 10.2. The van der Waals surface area contributed by atoms with Crippen LogP contribution in [0.4, 0.5) is 0 Å². The number of nitrogens with one attached hydrogen (secondary N) is 1. The first-order valence-electron chi connectivity index (χ1n) is 4.49. The fourth-order valence-electron chi connectivity index (χ4n) is 1.20. The highest BCUT2D eigenvalue weighted by Gasteiger charge is 2.13. The Hall–Kier alpha value is -1.85. The van der Waals surface area contributed by atoms with E-state index in [1.54, 1.807) is 0 Å². The van der Waals surface area contributed by atoms with Gasteiger partial charge in [0.05, 0.1) is 0 Å². The Labute approximate surface area is 85.2 Å². The van der Waals surface area contributed by atoms with Crippen molar-refractivity contribution in [3.63, 3.8) is 0 Å². The van der Waals surface area contributed by atoms with Gasteiger partial charge in [0, 0.05) is 12.7 Å². The molecule has 82 valence electrons. The van der Waals surface area contributed by atoms with Gasteiger partial charge >= 0.3 is 11.7 Å². The topological polar surface area (TPSA) is 92.2 Å². The van der Waals surface area contributed by atoms with Gasteiger partial charge in [-0.2, -0.15) is 0 Å². The molecule has 1 aromatic heterocycles. The van der Waals surface area contributed by atoms with Crippen LogP contribution in [0.5, 0.6) is 0 Å². The van der Waals surface area contributed by atoms with E-state index in [2.05, 4.69) is 4.98 Å². The standard InChI is InChI=1S/C9H12N2O4/c1-5(2)4-11-7(12)6(8(13)14)3-10-9(11)15/h3,5H,4H2,1-2H3,(H,10,15)(H,13,14). The molecule has 0 aliphatic carbocycles. The third kappa shape index (κ3) is 2.34. The molecule has 0 unspecified atom stereocenters. The van der Waals surface area contributed by atoms with Crippen LogP contribution in [0.25, 0.3) is 0 Å². The maximum absolute atomic E-state index is 11.5. The molecule has 0 aliphatic heterocycles. The first-order valence-corrected chi connectivity index (χ1v) is 4.49. The SMILES string of the molecule is CC(C)Cn1c(=O)[nH]cc(C(=O)O)c1=O. The fourth-order valence-corrected chi connectivity index (χ4v) is 1.20. The van der Waals surface area contributed by atoms with E-state index in [1.807, 2.05) is 13.8 Å². The second kappa shape index (κ2) is 4.12. The first-order chi connectivity index (χ1) is 6.93. The molecule has 0 saturated carbocycles. The Morgan fingerprint density at radius 2 is 2.13 bits per heavy atom. The van der Waals surface area contributed by atoms with Crippen LogP contribution in [-0.4, -0.2) is 20.6 Å². The minimum absolute atomic E-state index is 0.0906. The van der Waals surface area contributed by atoms with Crippen molar-refractivity contribution >= 4 is 5.97 Å². The number of aromatic amines is 1. The highest BCUT2D eigenvalue weighted by atomic mass is 16.4. The zero-order chi connectivity index (χ0) is 11.6. The largest absolute Gasteiger partial charge is 0.477 e. The van der Waals surface area contributed by atoms with Gasteiger partial charge in [-0.05, 0) is 5.92 Å². The van der Waals surface area contributed by atoms with Gasteiger partial charge in [0.15, 0.2) is 0 Å². The lowest BCUT2D eigenvalue weighted by Crippen LogP contribution is -2.39. The van der Waals surface area contributed by atoms with Crippen molar-refractivity contribution in [3.05, 3.63) is 32.6 Å². The number of carbonyl (C=O) groups is 1. The molecule has 0 spiro atoms. The van der Waals surface area contributed by atoms with Gasteiger partial charge < -0.3 is 10.1 Å². The lowest BCUT2D eigenvalue weighted by molar-refractivity contribution is 0.0693. The highest BCUT2D eigenvalue weighted by molar-refractivity contribution is 5.86. The van der Waals surface area contributed by atoms with E-state index in [0.717, 1.165) is 10.8 Å². The fraction of sp³-hybridized carbons (Fsp3) is 0.444. The summed E-state index contributed by atoms with van der Waals surface area (Å²) < 4.78 is 0.897. The van der Waals surface area contributed by atoms with Gasteiger partial charge in [-0.15, -0.1) is 0 Å². The van der Waals surface area contributed by atoms with Crippen LogP contribution < -0.4 is 11.2 Å². The predicted octanol–water partition coefficient (Wildman–Crippen LogP) is -0.109. The van der Waals surface area contributed by atoms with Crippen LogP contribution >= 0.6 is 0 Å². The van der Waals surface area contributed by atoms with Crippen LogP contribution in [0.15, 0.2) is 15.8 Å². The van der Waals surface area contributed by atoms with E-state index in [9.17, 15) is 14.4 Å². The third-order valence-corrected chi connectivity index (χ3v) is 1.84. The summed E-state index contributed by atoms with van der Waals surface area (Å²) in [5, 5.41) is 8.68. The van der Waals surface area contributed by atoms with E-state index >= 15 is 0 Å². The van der Waals surface area contributed by atoms with Crippen molar-refractivity contribution in [2.45, 2.75) is 20.4 Å². The van der Waals surface area contributed by atoms with E-state index in [-0.39, 0.29) is 12.5 Å². The van der Waals surface area contributed by atoms with Gasteiger partial charge in [-0.1, -0.05) is 13.8 Å². The molecule has 1 rings (SSSR count). The smallest absolute Gasteiger partial charge is 0.342 e. The first kappa shape index (κ1) is 11.2. The maximum Gasteiger partial charge on any atom is 0.342 e. The summed E-state index contributed by atoms with van der Waals surface area (Å²) in [4.78, 5) is 35.7. The quantitative estimate of drug-likeness (QED) is 0.731. The zero-order valence-corrected chi connectivity index (χ0v) is 8.48. The number of H-pyrrole nitrogens is 1. The number of aromatic nitrogens is 2. The number of carboxylic acid groups (broad SMARTS) is 1. The highest BCUT2D eigenvalue weighted by Crippen LogP contribution is 1.93. The van der Waals surface area contributed by atoms with E-state index in [4.69, 9.17) is 5.11 Å². The van der Waals surface area contributed by atoms with Crippen LogP contribution in [-0.2, 0) is 6.54 Å². The predicted molar refractivity (Wildman–Crippen MR) is 53.1 cm³/mol. The number of aromatic carboxylic acids is 1. The monoisotopic (exact) mass is 212 g/mol.